The van der Waals surface area contributed by atoms with E-state index < -0.39 is 23.8 Å². The van der Waals surface area contributed by atoms with Gasteiger partial charge in [0, 0.05) is 55.3 Å². The van der Waals surface area contributed by atoms with E-state index in [1.165, 1.54) is 83.5 Å². The number of nitrogens with zero attached hydrogens (tertiary/aromatic N) is 1. The molecular weight excluding hydrogens is 788 g/mol. The Morgan fingerprint density at radius 1 is 0.770 bits per heavy atom. The van der Waals surface area contributed by atoms with Crippen LogP contribution in [0.1, 0.15) is 212 Å². The van der Waals surface area contributed by atoms with Crippen LogP contribution in [0.25, 0.3) is 0 Å². The van der Waals surface area contributed by atoms with Crippen molar-refractivity contribution in [3.05, 3.63) is 34.9 Å². The zero-order valence-electron chi connectivity index (χ0n) is 37.9. The Morgan fingerprint density at radius 2 is 1.36 bits per heavy atom. The van der Waals surface area contributed by atoms with Gasteiger partial charge in [-0.25, -0.2) is 0 Å². The summed E-state index contributed by atoms with van der Waals surface area (Å²) in [5.74, 6) is -1.46. The number of amidine groups is 1. The maximum absolute atomic E-state index is 13.6. The number of likely N-dealkylation sites (tertiary alicyclic amines) is 1. The van der Waals surface area contributed by atoms with E-state index in [-0.39, 0.29) is 54.7 Å². The number of rotatable bonds is 34. The number of piperidine rings is 1. The van der Waals surface area contributed by atoms with E-state index in [4.69, 9.17) is 27.5 Å². The Balaban J connectivity index is 1.37. The second-order valence-corrected chi connectivity index (χ2v) is 18.7. The molecule has 1 spiro atoms. The average molecular weight is 870 g/mol. The zero-order chi connectivity index (χ0) is 44.1. The molecule has 0 bridgehead atoms. The molecule has 1 aliphatic heterocycles. The molecule has 2 fully saturated rings. The highest BCUT2D eigenvalue weighted by atomic mass is 35.5. The van der Waals surface area contributed by atoms with Crippen LogP contribution in [0.2, 0.25) is 5.02 Å². The Hall–Kier alpha value is -3.11. The summed E-state index contributed by atoms with van der Waals surface area (Å²) < 4.78 is 5.75. The second-order valence-electron chi connectivity index (χ2n) is 18.2. The van der Waals surface area contributed by atoms with E-state index in [0.29, 0.717) is 43.5 Å². The van der Waals surface area contributed by atoms with Crippen LogP contribution >= 0.6 is 11.6 Å². The SMILES string of the molecule is CCCCCCCCCCCCCCCCCC(=O)CCC(=O)OC(CCCCC(=N)N)C(=O)CCCN1CCC(NC(=O)C(=O)Cc2ccc(Cl)cc2)CC12CCCCC2. The molecule has 10 nitrogen and oxygen atoms in total. The van der Waals surface area contributed by atoms with Gasteiger partial charge in [0.1, 0.15) is 5.78 Å². The monoisotopic (exact) mass is 869 g/mol. The predicted octanol–water partition coefficient (Wildman–Crippen LogP) is 11.1. The van der Waals surface area contributed by atoms with E-state index in [9.17, 15) is 24.0 Å². The Labute approximate surface area is 373 Å². The third-order valence-electron chi connectivity index (χ3n) is 13.0. The molecule has 0 radical (unpaired) electrons. The Bertz CT molecular complexity index is 1460. The lowest BCUT2D eigenvalue weighted by molar-refractivity contribution is -0.156. The van der Waals surface area contributed by atoms with Crippen molar-refractivity contribution in [3.8, 4) is 0 Å². The number of esters is 1. The van der Waals surface area contributed by atoms with Crippen LogP contribution in [0.15, 0.2) is 24.3 Å². The first-order valence-electron chi connectivity index (χ1n) is 24.4. The topological polar surface area (TPSA) is 160 Å². The number of nitrogens with two attached hydrogens (primary N) is 1. The molecule has 0 aromatic heterocycles. The maximum atomic E-state index is 13.6. The maximum Gasteiger partial charge on any atom is 0.306 e. The lowest BCUT2D eigenvalue weighted by Crippen LogP contribution is -2.59. The smallest absolute Gasteiger partial charge is 0.306 e. The van der Waals surface area contributed by atoms with E-state index in [0.717, 1.165) is 76.4 Å². The number of ether oxygens (including phenoxy) is 1. The van der Waals surface area contributed by atoms with Crippen molar-refractivity contribution in [2.45, 2.75) is 230 Å². The average Bonchev–Trinajstić information content (AvgIpc) is 3.24. The van der Waals surface area contributed by atoms with Crippen LogP contribution in [0.5, 0.6) is 0 Å². The van der Waals surface area contributed by atoms with Gasteiger partial charge in [0.15, 0.2) is 11.9 Å². The number of nitrogens with one attached hydrogen (secondary N) is 2. The van der Waals surface area contributed by atoms with Crippen molar-refractivity contribution in [3.63, 3.8) is 0 Å². The second kappa shape index (κ2) is 30.9. The van der Waals surface area contributed by atoms with Crippen LogP contribution in [-0.4, -0.2) is 70.7 Å². The summed E-state index contributed by atoms with van der Waals surface area (Å²) in [4.78, 5) is 67.4. The summed E-state index contributed by atoms with van der Waals surface area (Å²) in [6, 6.07) is 6.87. The Kier molecular flexibility index (Phi) is 26.4. The molecule has 3 rings (SSSR count). The van der Waals surface area contributed by atoms with Crippen molar-refractivity contribution in [2.24, 2.45) is 5.73 Å². The molecule has 2 unspecified atom stereocenters. The van der Waals surface area contributed by atoms with Crippen molar-refractivity contribution in [1.29, 1.82) is 5.41 Å². The molecule has 1 aromatic rings. The highest BCUT2D eigenvalue weighted by Gasteiger charge is 2.43. The highest BCUT2D eigenvalue weighted by molar-refractivity contribution is 6.36. The molecule has 1 amide bonds. The van der Waals surface area contributed by atoms with E-state index in [1.807, 2.05) is 0 Å². The number of carbonyl (C=O) groups is 5. The number of unbranched alkanes of at least 4 members (excludes halogenated alkanes) is 15. The van der Waals surface area contributed by atoms with Crippen LogP contribution in [-0.2, 0) is 35.1 Å². The highest BCUT2D eigenvalue weighted by Crippen LogP contribution is 2.41. The molecule has 1 heterocycles. The first-order chi connectivity index (χ1) is 29.5. The van der Waals surface area contributed by atoms with Gasteiger partial charge in [0.05, 0.1) is 12.3 Å². The van der Waals surface area contributed by atoms with Gasteiger partial charge >= 0.3 is 5.97 Å². The minimum Gasteiger partial charge on any atom is -0.454 e. The number of hydrogen-bond acceptors (Lipinski definition) is 8. The van der Waals surface area contributed by atoms with Crippen molar-refractivity contribution < 1.29 is 28.7 Å². The molecule has 4 N–H and O–H groups in total. The number of benzene rings is 1. The lowest BCUT2D eigenvalue weighted by atomic mass is 9.73. The normalized spacial score (nSPS) is 16.9. The van der Waals surface area contributed by atoms with Gasteiger partial charge < -0.3 is 15.8 Å². The van der Waals surface area contributed by atoms with Crippen molar-refractivity contribution in [2.75, 3.05) is 13.1 Å². The van der Waals surface area contributed by atoms with Gasteiger partial charge in [0.25, 0.3) is 5.91 Å². The van der Waals surface area contributed by atoms with Gasteiger partial charge in [-0.3, -0.25) is 34.3 Å². The lowest BCUT2D eigenvalue weighted by Gasteiger charge is -2.52. The third-order valence-corrected chi connectivity index (χ3v) is 13.3. The summed E-state index contributed by atoms with van der Waals surface area (Å²) >= 11 is 5.97. The number of amides is 1. The van der Waals surface area contributed by atoms with Crippen molar-refractivity contribution in [1.82, 2.24) is 10.2 Å². The fourth-order valence-electron chi connectivity index (χ4n) is 9.39. The molecule has 1 saturated heterocycles. The molecular formula is C50H81ClN4O6. The molecule has 11 heteroatoms. The van der Waals surface area contributed by atoms with E-state index in [1.54, 1.807) is 24.3 Å². The standard InChI is InChI=1S/C50H81ClN4O6/c1-2-3-4-5-6-7-8-9-10-11-12-13-14-15-17-23-43(56)31-32-48(59)61-46(25-18-19-26-47(52)53)44(57)24-22-36-55-37-33-42(39-50(55)34-20-16-21-35-50)54-49(60)45(58)38-40-27-29-41(51)30-28-40/h27-30,42,46H,2-26,31-39H2,1H3,(H3,52,53)(H,54,60). The largest absolute Gasteiger partial charge is 0.454 e. The first-order valence-corrected chi connectivity index (χ1v) is 24.8. The van der Waals surface area contributed by atoms with E-state index >= 15 is 0 Å². The zero-order valence-corrected chi connectivity index (χ0v) is 38.6. The molecule has 2 aliphatic rings. The number of hydrogen-bond donors (Lipinski definition) is 3. The van der Waals surface area contributed by atoms with E-state index in [2.05, 4.69) is 17.1 Å². The van der Waals surface area contributed by atoms with Crippen LogP contribution in [0.3, 0.4) is 0 Å². The van der Waals surface area contributed by atoms with Crippen molar-refractivity contribution >= 4 is 46.7 Å². The minimum atomic E-state index is -0.875. The molecule has 344 valence electrons. The van der Waals surface area contributed by atoms with Gasteiger partial charge in [-0.2, -0.15) is 0 Å². The summed E-state index contributed by atoms with van der Waals surface area (Å²) in [6.45, 7) is 3.75. The fraction of sp³-hybridized carbons (Fsp3) is 0.760. The van der Waals surface area contributed by atoms with Gasteiger partial charge in [-0.1, -0.05) is 140 Å². The van der Waals surface area contributed by atoms with Gasteiger partial charge in [-0.15, -0.1) is 0 Å². The molecule has 1 aromatic carbocycles. The minimum absolute atomic E-state index is 0.0183. The van der Waals surface area contributed by atoms with Crippen LogP contribution in [0.4, 0.5) is 0 Å². The molecule has 1 saturated carbocycles. The summed E-state index contributed by atoms with van der Waals surface area (Å²) in [5, 5.41) is 11.2. The third kappa shape index (κ3) is 22.2. The summed E-state index contributed by atoms with van der Waals surface area (Å²) in [7, 11) is 0. The summed E-state index contributed by atoms with van der Waals surface area (Å²) in [5.41, 5.74) is 6.21. The van der Waals surface area contributed by atoms with Gasteiger partial charge in [-0.05, 0) is 82.0 Å². The Morgan fingerprint density at radius 3 is 1.97 bits per heavy atom. The van der Waals surface area contributed by atoms with Crippen LogP contribution < -0.4 is 11.1 Å². The van der Waals surface area contributed by atoms with Gasteiger partial charge in [0.2, 0.25) is 5.78 Å². The first kappa shape index (κ1) is 52.2. The predicted molar refractivity (Wildman–Crippen MR) is 247 cm³/mol. The molecule has 1 aliphatic carbocycles. The number of Topliss-reactive ketones (excluding diaryl/α,β-unsaturated/α-hetero) is 3. The quantitative estimate of drug-likeness (QED) is 0.0203. The fourth-order valence-corrected chi connectivity index (χ4v) is 9.51. The summed E-state index contributed by atoms with van der Waals surface area (Å²) in [6.07, 6.45) is 28.7. The van der Waals surface area contributed by atoms with Crippen LogP contribution in [0, 0.1) is 5.41 Å². The number of halogens is 1. The number of carbonyl (C=O) groups excluding carboxylic acids is 5. The number of ketones is 3. The molecule has 2 atom stereocenters. The molecule has 61 heavy (non-hydrogen) atoms.